The molecule has 3 aliphatic carbocycles. The second-order valence-electron chi connectivity index (χ2n) is 5.42. The lowest BCUT2D eigenvalue weighted by atomic mass is 9.49. The predicted octanol–water partition coefficient (Wildman–Crippen LogP) is 3.26. The molecule has 2 heteroatoms. The van der Waals surface area contributed by atoms with Crippen molar-refractivity contribution in [2.45, 2.75) is 45.4 Å². The molecule has 0 heterocycles. The molecule has 0 spiro atoms. The van der Waals surface area contributed by atoms with Crippen LogP contribution in [0, 0.1) is 45.8 Å². The number of nitriles is 2. The number of hydrogen-bond acceptors (Lipinski definition) is 2. The van der Waals surface area contributed by atoms with E-state index in [1.165, 1.54) is 25.7 Å². The Labute approximate surface area is 91.9 Å². The third-order valence-corrected chi connectivity index (χ3v) is 4.89. The zero-order chi connectivity index (χ0) is 10.9. The van der Waals surface area contributed by atoms with E-state index in [4.69, 9.17) is 10.5 Å². The minimum Gasteiger partial charge on any atom is -0.198 e. The molecule has 0 aromatic rings. The lowest BCUT2D eigenvalue weighted by Crippen LogP contribution is -2.47. The molecule has 3 aliphatic rings. The zero-order valence-electron chi connectivity index (χ0n) is 9.37. The van der Waals surface area contributed by atoms with Crippen LogP contribution in [0.25, 0.3) is 0 Å². The molecule has 3 fully saturated rings. The van der Waals surface area contributed by atoms with Crippen molar-refractivity contribution in [2.24, 2.45) is 23.2 Å². The van der Waals surface area contributed by atoms with Crippen molar-refractivity contribution in [2.75, 3.05) is 0 Å². The first-order valence-corrected chi connectivity index (χ1v) is 5.96. The van der Waals surface area contributed by atoms with Crippen LogP contribution in [-0.2, 0) is 0 Å². The molecule has 2 bridgehead atoms. The molecule has 3 rings (SSSR count). The van der Waals surface area contributed by atoms with Gasteiger partial charge in [-0.3, -0.25) is 0 Å². The van der Waals surface area contributed by atoms with Gasteiger partial charge >= 0.3 is 0 Å². The Balaban J connectivity index is 2.25. The van der Waals surface area contributed by atoms with Crippen LogP contribution < -0.4 is 0 Å². The summed E-state index contributed by atoms with van der Waals surface area (Å²) in [6.07, 6.45) is 6.44. The van der Waals surface area contributed by atoms with Gasteiger partial charge in [-0.15, -0.1) is 0 Å². The van der Waals surface area contributed by atoms with Crippen molar-refractivity contribution in [1.82, 2.24) is 0 Å². The fourth-order valence-corrected chi connectivity index (χ4v) is 3.97. The van der Waals surface area contributed by atoms with Gasteiger partial charge in [0.25, 0.3) is 0 Å². The lowest BCUT2D eigenvalue weighted by molar-refractivity contribution is -0.0498. The molecule has 2 nitrogen and oxygen atoms in total. The number of fused-ring (bicyclic) bond motifs is 3. The van der Waals surface area contributed by atoms with Crippen LogP contribution in [0.1, 0.15) is 45.4 Å². The normalized spacial score (nSPS) is 43.3. The molecule has 0 aromatic heterocycles. The van der Waals surface area contributed by atoms with Crippen molar-refractivity contribution < 1.29 is 0 Å². The van der Waals surface area contributed by atoms with E-state index in [0.29, 0.717) is 30.6 Å². The maximum Gasteiger partial charge on any atom is 0.0627 e. The second kappa shape index (κ2) is 3.86. The molecule has 0 saturated heterocycles. The fraction of sp³-hybridized carbons (Fsp3) is 0.846. The van der Waals surface area contributed by atoms with Gasteiger partial charge in [-0.2, -0.15) is 10.5 Å². The van der Waals surface area contributed by atoms with Crippen LogP contribution in [0.2, 0.25) is 0 Å². The van der Waals surface area contributed by atoms with Gasteiger partial charge in [0.1, 0.15) is 0 Å². The van der Waals surface area contributed by atoms with Crippen LogP contribution >= 0.6 is 0 Å². The molecule has 15 heavy (non-hydrogen) atoms. The maximum absolute atomic E-state index is 8.96. The second-order valence-corrected chi connectivity index (χ2v) is 5.42. The van der Waals surface area contributed by atoms with Crippen LogP contribution in [0.5, 0.6) is 0 Å². The summed E-state index contributed by atoms with van der Waals surface area (Å²) in [5, 5.41) is 17.9. The Morgan fingerprint density at radius 1 is 1.13 bits per heavy atom. The van der Waals surface area contributed by atoms with Gasteiger partial charge in [-0.1, -0.05) is 6.92 Å². The molecule has 2 unspecified atom stereocenters. The van der Waals surface area contributed by atoms with Crippen LogP contribution in [-0.4, -0.2) is 0 Å². The molecule has 3 saturated carbocycles. The van der Waals surface area contributed by atoms with E-state index < -0.39 is 0 Å². The molecule has 0 aromatic carbocycles. The third-order valence-electron chi connectivity index (χ3n) is 4.89. The molecule has 80 valence electrons. The van der Waals surface area contributed by atoms with Crippen molar-refractivity contribution >= 4 is 0 Å². The van der Waals surface area contributed by atoms with E-state index in [1.807, 2.05) is 0 Å². The first-order chi connectivity index (χ1) is 7.22. The molecule has 0 N–H and O–H groups in total. The van der Waals surface area contributed by atoms with E-state index in [0.717, 1.165) is 0 Å². The van der Waals surface area contributed by atoms with E-state index >= 15 is 0 Å². The minimum atomic E-state index is 0.131. The van der Waals surface area contributed by atoms with Gasteiger partial charge in [0.05, 0.1) is 12.1 Å². The van der Waals surface area contributed by atoms with Crippen molar-refractivity contribution in [1.29, 1.82) is 10.5 Å². The number of nitrogens with zero attached hydrogens (tertiary/aromatic N) is 2. The molecule has 0 amide bonds. The zero-order valence-corrected chi connectivity index (χ0v) is 9.37. The fourth-order valence-electron chi connectivity index (χ4n) is 3.97. The summed E-state index contributed by atoms with van der Waals surface area (Å²) in [6.45, 7) is 2.24. The Hall–Kier alpha value is -1.02. The van der Waals surface area contributed by atoms with Crippen molar-refractivity contribution in [3.8, 4) is 12.1 Å². The first kappa shape index (κ1) is 10.5. The highest BCUT2D eigenvalue weighted by Crippen LogP contribution is 2.58. The highest BCUT2D eigenvalue weighted by Gasteiger charge is 2.51. The van der Waals surface area contributed by atoms with E-state index in [9.17, 15) is 0 Å². The van der Waals surface area contributed by atoms with Gasteiger partial charge < -0.3 is 0 Å². The monoisotopic (exact) mass is 202 g/mol. The van der Waals surface area contributed by atoms with Gasteiger partial charge in [-0.05, 0) is 48.9 Å². The summed E-state index contributed by atoms with van der Waals surface area (Å²) in [5.74, 6) is 1.89. The Morgan fingerprint density at radius 2 is 1.80 bits per heavy atom. The van der Waals surface area contributed by atoms with Crippen LogP contribution in [0.3, 0.4) is 0 Å². The van der Waals surface area contributed by atoms with Crippen LogP contribution in [0.15, 0.2) is 0 Å². The standard InChI is InChI=1S/C13H18N2/c1-13(7-9-15)11-4-2-10(3-5-11)12(13)6-8-14/h10-12H,2-7H2,1H3. The molecule has 0 aliphatic heterocycles. The summed E-state index contributed by atoms with van der Waals surface area (Å²) in [6, 6.07) is 4.67. The van der Waals surface area contributed by atoms with Gasteiger partial charge in [0.15, 0.2) is 0 Å². The predicted molar refractivity (Wildman–Crippen MR) is 57.5 cm³/mol. The average molecular weight is 202 g/mol. The quantitative estimate of drug-likeness (QED) is 0.690. The highest BCUT2D eigenvalue weighted by atomic mass is 14.6. The Morgan fingerprint density at radius 3 is 2.33 bits per heavy atom. The smallest absolute Gasteiger partial charge is 0.0627 e. The Bertz CT molecular complexity index is 314. The first-order valence-electron chi connectivity index (χ1n) is 5.96. The van der Waals surface area contributed by atoms with E-state index in [2.05, 4.69) is 19.1 Å². The highest BCUT2D eigenvalue weighted by molar-refractivity contribution is 5.05. The third kappa shape index (κ3) is 1.53. The molecular formula is C13H18N2. The SMILES string of the molecule is CC1(CC#N)C2CCC(CC2)C1CC#N. The summed E-state index contributed by atoms with van der Waals surface area (Å²) >= 11 is 0. The maximum atomic E-state index is 8.96. The summed E-state index contributed by atoms with van der Waals surface area (Å²) in [5.41, 5.74) is 0.131. The van der Waals surface area contributed by atoms with Gasteiger partial charge in [-0.25, -0.2) is 0 Å². The van der Waals surface area contributed by atoms with E-state index in [-0.39, 0.29) is 5.41 Å². The topological polar surface area (TPSA) is 47.6 Å². The van der Waals surface area contributed by atoms with Crippen molar-refractivity contribution in [3.63, 3.8) is 0 Å². The van der Waals surface area contributed by atoms with Crippen molar-refractivity contribution in [3.05, 3.63) is 0 Å². The number of hydrogen-bond donors (Lipinski definition) is 0. The average Bonchev–Trinajstić information content (AvgIpc) is 2.25. The van der Waals surface area contributed by atoms with Gasteiger partial charge in [0, 0.05) is 12.8 Å². The molecule has 2 atom stereocenters. The molecular weight excluding hydrogens is 184 g/mol. The minimum absolute atomic E-state index is 0.131. The van der Waals surface area contributed by atoms with Crippen LogP contribution in [0.4, 0.5) is 0 Å². The van der Waals surface area contributed by atoms with Gasteiger partial charge in [0.2, 0.25) is 0 Å². The summed E-state index contributed by atoms with van der Waals surface area (Å²) < 4.78 is 0. The summed E-state index contributed by atoms with van der Waals surface area (Å²) in [4.78, 5) is 0. The largest absolute Gasteiger partial charge is 0.198 e. The number of rotatable bonds is 2. The summed E-state index contributed by atoms with van der Waals surface area (Å²) in [7, 11) is 0. The van der Waals surface area contributed by atoms with E-state index in [1.54, 1.807) is 0 Å². The lowest BCUT2D eigenvalue weighted by Gasteiger charge is -2.54. The molecule has 0 radical (unpaired) electrons. The Kier molecular flexibility index (Phi) is 2.70.